The van der Waals surface area contributed by atoms with E-state index >= 15 is 0 Å². The molecule has 1 amide bonds. The molecule has 0 radical (unpaired) electrons. The first-order valence-corrected chi connectivity index (χ1v) is 8.99. The predicted octanol–water partition coefficient (Wildman–Crippen LogP) is 3.37. The van der Waals surface area contributed by atoms with E-state index in [0.717, 1.165) is 25.7 Å². The highest BCUT2D eigenvalue weighted by atomic mass is 16.6. The maximum absolute atomic E-state index is 12.0. The molecule has 0 saturated heterocycles. The second-order valence-corrected chi connectivity index (χ2v) is 6.50. The number of hydrogen-bond acceptors (Lipinski definition) is 5. The molecule has 26 heavy (non-hydrogen) atoms. The third-order valence-corrected chi connectivity index (χ3v) is 4.30. The van der Waals surface area contributed by atoms with Crippen molar-refractivity contribution < 1.29 is 14.1 Å². The molecule has 0 aliphatic carbocycles. The van der Waals surface area contributed by atoms with E-state index in [1.165, 1.54) is 22.8 Å². The van der Waals surface area contributed by atoms with E-state index < -0.39 is 10.7 Å². The number of nitro benzene ring substituents is 1. The minimum Gasteiger partial charge on any atom is -0.407 e. The van der Waals surface area contributed by atoms with Crippen LogP contribution in [0.5, 0.6) is 0 Å². The quantitative estimate of drug-likeness (QED) is 0.395. The van der Waals surface area contributed by atoms with Crippen LogP contribution in [0.4, 0.5) is 5.69 Å². The Morgan fingerprint density at radius 3 is 2.81 bits per heavy atom. The van der Waals surface area contributed by atoms with E-state index in [1.54, 1.807) is 0 Å². The molecule has 1 aromatic carbocycles. The second-order valence-electron chi connectivity index (χ2n) is 6.50. The monoisotopic (exact) mass is 363 g/mol. The Balaban J connectivity index is 1.89. The van der Waals surface area contributed by atoms with Crippen molar-refractivity contribution in [3.63, 3.8) is 0 Å². The molecule has 1 aromatic heterocycles. The van der Waals surface area contributed by atoms with Gasteiger partial charge in [-0.15, -0.1) is 0 Å². The summed E-state index contributed by atoms with van der Waals surface area (Å²) in [6.07, 6.45) is 5.17. The lowest BCUT2D eigenvalue weighted by atomic mass is 10.1. The van der Waals surface area contributed by atoms with Crippen LogP contribution >= 0.6 is 0 Å². The number of carbonyl (C=O) groups excluding carboxylic acids is 1. The van der Waals surface area contributed by atoms with Crippen molar-refractivity contribution >= 4 is 22.7 Å². The Bertz CT molecular complexity index is 824. The predicted molar refractivity (Wildman–Crippen MR) is 98.1 cm³/mol. The maximum atomic E-state index is 12.0. The van der Waals surface area contributed by atoms with E-state index in [4.69, 9.17) is 4.42 Å². The first-order valence-electron chi connectivity index (χ1n) is 8.99. The Labute approximate surface area is 151 Å². The number of aryl methyl sites for hydroxylation is 1. The largest absolute Gasteiger partial charge is 0.419 e. The molecule has 1 N–H and O–H groups in total. The van der Waals surface area contributed by atoms with Gasteiger partial charge in [-0.2, -0.15) is 0 Å². The van der Waals surface area contributed by atoms with Crippen LogP contribution in [0.25, 0.3) is 11.1 Å². The van der Waals surface area contributed by atoms with Gasteiger partial charge in [-0.3, -0.25) is 19.5 Å². The van der Waals surface area contributed by atoms with Crippen molar-refractivity contribution in [2.75, 3.05) is 0 Å². The highest BCUT2D eigenvalue weighted by molar-refractivity contribution is 5.77. The minimum absolute atomic E-state index is 0.0366. The number of nitrogens with one attached hydrogen (secondary N) is 1. The van der Waals surface area contributed by atoms with Gasteiger partial charge in [0.15, 0.2) is 5.58 Å². The van der Waals surface area contributed by atoms with Crippen molar-refractivity contribution in [1.82, 2.24) is 9.88 Å². The smallest absolute Gasteiger partial charge is 0.407 e. The minimum atomic E-state index is -0.575. The Kier molecular flexibility index (Phi) is 6.94. The van der Waals surface area contributed by atoms with Gasteiger partial charge in [-0.1, -0.05) is 26.2 Å². The SMILES string of the molecule is CCCCCC(C)NC(=O)CCCn1c(=O)oc2cc([N+](=O)[O-])ccc21. The standard InChI is InChI=1S/C18H25N3O5/c1-3-4-5-7-13(2)19-17(22)8-6-11-20-15-10-9-14(21(24)25)12-16(15)26-18(20)23/h9-10,12-13H,3-8,11H2,1-2H3,(H,19,22). The zero-order valence-electron chi connectivity index (χ0n) is 15.2. The highest BCUT2D eigenvalue weighted by Crippen LogP contribution is 2.20. The maximum Gasteiger partial charge on any atom is 0.419 e. The fraction of sp³-hybridized carbons (Fsp3) is 0.556. The number of hydrogen-bond donors (Lipinski definition) is 1. The molecule has 0 saturated carbocycles. The molecular weight excluding hydrogens is 338 g/mol. The van der Waals surface area contributed by atoms with Gasteiger partial charge in [-0.05, 0) is 25.8 Å². The van der Waals surface area contributed by atoms with Crippen LogP contribution in [0.3, 0.4) is 0 Å². The number of nitrogens with zero attached hydrogens (tertiary/aromatic N) is 2. The molecule has 0 bridgehead atoms. The van der Waals surface area contributed by atoms with Crippen LogP contribution in [0.2, 0.25) is 0 Å². The third kappa shape index (κ3) is 5.18. The third-order valence-electron chi connectivity index (χ3n) is 4.30. The molecule has 8 nitrogen and oxygen atoms in total. The molecule has 8 heteroatoms. The second kappa shape index (κ2) is 9.17. The van der Waals surface area contributed by atoms with Crippen LogP contribution in [0.1, 0.15) is 52.4 Å². The van der Waals surface area contributed by atoms with Gasteiger partial charge in [0.25, 0.3) is 5.69 Å². The number of fused-ring (bicyclic) bond motifs is 1. The summed E-state index contributed by atoms with van der Waals surface area (Å²) in [5.74, 6) is -0.612. The van der Waals surface area contributed by atoms with Crippen LogP contribution < -0.4 is 11.1 Å². The van der Waals surface area contributed by atoms with E-state index in [-0.39, 0.29) is 23.2 Å². The summed E-state index contributed by atoms with van der Waals surface area (Å²) in [7, 11) is 0. The van der Waals surface area contributed by atoms with Crippen molar-refractivity contribution in [3.8, 4) is 0 Å². The summed E-state index contributed by atoms with van der Waals surface area (Å²) >= 11 is 0. The molecular formula is C18H25N3O5. The van der Waals surface area contributed by atoms with Crippen LogP contribution in [-0.2, 0) is 11.3 Å². The van der Waals surface area contributed by atoms with Gasteiger partial charge in [0.1, 0.15) is 0 Å². The summed E-state index contributed by atoms with van der Waals surface area (Å²) in [6, 6.07) is 4.21. The molecule has 142 valence electrons. The number of carbonyl (C=O) groups is 1. The zero-order chi connectivity index (χ0) is 19.1. The lowest BCUT2D eigenvalue weighted by molar-refractivity contribution is -0.384. The summed E-state index contributed by atoms with van der Waals surface area (Å²) in [6.45, 7) is 4.46. The Morgan fingerprint density at radius 2 is 2.12 bits per heavy atom. The van der Waals surface area contributed by atoms with Gasteiger partial charge in [0.05, 0.1) is 16.5 Å². The Morgan fingerprint density at radius 1 is 1.35 bits per heavy atom. The number of unbranched alkanes of at least 4 members (excludes halogenated alkanes) is 2. The molecule has 0 spiro atoms. The van der Waals surface area contributed by atoms with Gasteiger partial charge >= 0.3 is 5.76 Å². The first kappa shape index (κ1) is 19.7. The zero-order valence-corrected chi connectivity index (χ0v) is 15.2. The van der Waals surface area contributed by atoms with E-state index in [2.05, 4.69) is 12.2 Å². The number of aromatic nitrogens is 1. The van der Waals surface area contributed by atoms with Crippen molar-refractivity contribution in [3.05, 3.63) is 38.9 Å². The molecule has 2 aromatic rings. The van der Waals surface area contributed by atoms with E-state index in [0.29, 0.717) is 24.9 Å². The first-order chi connectivity index (χ1) is 12.4. The molecule has 1 heterocycles. The molecule has 0 aliphatic rings. The van der Waals surface area contributed by atoms with Gasteiger partial charge < -0.3 is 9.73 Å². The summed E-state index contributed by atoms with van der Waals surface area (Å²) in [5, 5.41) is 13.8. The molecule has 2 rings (SSSR count). The topological polar surface area (TPSA) is 107 Å². The van der Waals surface area contributed by atoms with Crippen LogP contribution in [-0.4, -0.2) is 21.4 Å². The van der Waals surface area contributed by atoms with E-state index in [1.807, 2.05) is 6.92 Å². The van der Waals surface area contributed by atoms with Gasteiger partial charge in [0.2, 0.25) is 5.91 Å². The number of non-ortho nitro benzene ring substituents is 1. The average Bonchev–Trinajstić information content (AvgIpc) is 2.89. The summed E-state index contributed by atoms with van der Waals surface area (Å²) < 4.78 is 6.47. The number of oxazole rings is 1. The number of benzene rings is 1. The van der Waals surface area contributed by atoms with Crippen molar-refractivity contribution in [1.29, 1.82) is 0 Å². The number of amides is 1. The molecule has 0 aliphatic heterocycles. The fourth-order valence-electron chi connectivity index (χ4n) is 2.90. The van der Waals surface area contributed by atoms with E-state index in [9.17, 15) is 19.7 Å². The van der Waals surface area contributed by atoms with Crippen LogP contribution in [0.15, 0.2) is 27.4 Å². The lowest BCUT2D eigenvalue weighted by Gasteiger charge is -2.13. The number of nitro groups is 1. The Hall–Kier alpha value is -2.64. The lowest BCUT2D eigenvalue weighted by Crippen LogP contribution is -2.32. The average molecular weight is 363 g/mol. The normalized spacial score (nSPS) is 12.2. The number of rotatable bonds is 10. The molecule has 1 unspecified atom stereocenters. The molecule has 1 atom stereocenters. The molecule has 0 fully saturated rings. The fourth-order valence-corrected chi connectivity index (χ4v) is 2.90. The van der Waals surface area contributed by atoms with Gasteiger partial charge in [-0.25, -0.2) is 4.79 Å². The van der Waals surface area contributed by atoms with Crippen molar-refractivity contribution in [2.45, 2.75) is 65.0 Å². The van der Waals surface area contributed by atoms with Gasteiger partial charge in [0, 0.05) is 25.1 Å². The highest BCUT2D eigenvalue weighted by Gasteiger charge is 2.14. The summed E-state index contributed by atoms with van der Waals surface area (Å²) in [4.78, 5) is 34.2. The summed E-state index contributed by atoms with van der Waals surface area (Å²) in [5.41, 5.74) is 0.543. The van der Waals surface area contributed by atoms with Crippen molar-refractivity contribution in [2.24, 2.45) is 0 Å². The van der Waals surface area contributed by atoms with Crippen LogP contribution in [0, 0.1) is 10.1 Å².